The molecule has 0 N–H and O–H groups in total. The molecule has 1 aliphatic rings. The molecule has 0 fully saturated rings. The molecule has 292 valence electrons. The van der Waals surface area contributed by atoms with E-state index in [9.17, 15) is 0 Å². The summed E-state index contributed by atoms with van der Waals surface area (Å²) in [4.78, 5) is 2.45. The van der Waals surface area contributed by atoms with Gasteiger partial charge in [-0.2, -0.15) is 0 Å². The summed E-state index contributed by atoms with van der Waals surface area (Å²) in [7, 11) is 0. The van der Waals surface area contributed by atoms with Gasteiger partial charge in [0.25, 0.3) is 0 Å². The Labute approximate surface area is 364 Å². The first-order chi connectivity index (χ1) is 30.5. The number of rotatable bonds is 6. The van der Waals surface area contributed by atoms with Crippen molar-refractivity contribution >= 4 is 104 Å². The molecule has 2 heterocycles. The second-order valence-electron chi connectivity index (χ2n) is 17.3. The molecule has 0 atom stereocenters. The average Bonchev–Trinajstić information content (AvgIpc) is 3.93. The monoisotopic (exact) mass is 808 g/mol. The summed E-state index contributed by atoms with van der Waals surface area (Å²) >= 11 is 1.87. The van der Waals surface area contributed by atoms with E-state index in [1.807, 2.05) is 11.3 Å². The summed E-state index contributed by atoms with van der Waals surface area (Å²) in [6, 6.07) is 72.0. The molecule has 13 rings (SSSR count). The van der Waals surface area contributed by atoms with E-state index < -0.39 is 0 Å². The van der Waals surface area contributed by atoms with Crippen molar-refractivity contribution < 1.29 is 0 Å². The zero-order valence-electron chi connectivity index (χ0n) is 34.4. The number of nitrogens with zero attached hydrogens (tertiary/aromatic N) is 2. The van der Waals surface area contributed by atoms with Crippen LogP contribution in [0.5, 0.6) is 0 Å². The predicted molar refractivity (Wildman–Crippen MR) is 267 cm³/mol. The lowest BCUT2D eigenvalue weighted by Crippen LogP contribution is -2.16. The Morgan fingerprint density at radius 1 is 0.452 bits per heavy atom. The fraction of sp³-hybridized carbons (Fsp3) is 0.0508. The normalized spacial score (nSPS) is 13.4. The van der Waals surface area contributed by atoms with Crippen molar-refractivity contribution in [1.82, 2.24) is 4.57 Å². The number of hydrogen-bond donors (Lipinski definition) is 0. The Hall–Kier alpha value is -7.46. The van der Waals surface area contributed by atoms with Crippen LogP contribution in [0.3, 0.4) is 0 Å². The number of benzene rings is 10. The maximum absolute atomic E-state index is 2.45. The maximum Gasteiger partial charge on any atom is 0.0547 e. The molecule has 0 unspecified atom stereocenters. The van der Waals surface area contributed by atoms with Gasteiger partial charge in [-0.3, -0.25) is 0 Å². The van der Waals surface area contributed by atoms with Crippen molar-refractivity contribution in [3.8, 4) is 16.8 Å². The van der Waals surface area contributed by atoms with Crippen molar-refractivity contribution in [2.45, 2.75) is 19.3 Å². The SMILES string of the molecule is CC1(C)c2cc(/C=C/c3ccc4c5c3ccc3cccc(c35)n4-c3ccccc3)ccc2-c2ccc(N(c3ccc4ccccc4c3)c3ccc4c(c3)sc3ccccc34)cc21. The highest BCUT2D eigenvalue weighted by Gasteiger charge is 2.36. The highest BCUT2D eigenvalue weighted by atomic mass is 32.1. The van der Waals surface area contributed by atoms with Gasteiger partial charge in [-0.15, -0.1) is 11.3 Å². The first kappa shape index (κ1) is 35.3. The summed E-state index contributed by atoms with van der Waals surface area (Å²) < 4.78 is 5.03. The summed E-state index contributed by atoms with van der Waals surface area (Å²) in [5.41, 5.74) is 14.7. The Morgan fingerprint density at radius 2 is 1.11 bits per heavy atom. The van der Waals surface area contributed by atoms with E-state index in [0.717, 1.165) is 17.1 Å². The van der Waals surface area contributed by atoms with Crippen LogP contribution in [0.2, 0.25) is 0 Å². The van der Waals surface area contributed by atoms with Crippen LogP contribution in [0, 0.1) is 0 Å². The Kier molecular flexibility index (Phi) is 7.56. The van der Waals surface area contributed by atoms with E-state index in [4.69, 9.17) is 0 Å². The molecule has 62 heavy (non-hydrogen) atoms. The molecular weight excluding hydrogens is 769 g/mol. The molecule has 0 aliphatic heterocycles. The van der Waals surface area contributed by atoms with Gasteiger partial charge in [0.2, 0.25) is 0 Å². The third-order valence-corrected chi connectivity index (χ3v) is 14.7. The van der Waals surface area contributed by atoms with Crippen LogP contribution >= 0.6 is 11.3 Å². The van der Waals surface area contributed by atoms with Crippen LogP contribution in [0.25, 0.3) is 92.5 Å². The van der Waals surface area contributed by atoms with Gasteiger partial charge >= 0.3 is 0 Å². The number of anilines is 3. The van der Waals surface area contributed by atoms with Gasteiger partial charge in [-0.1, -0.05) is 153 Å². The summed E-state index contributed by atoms with van der Waals surface area (Å²) in [5, 5.41) is 10.3. The van der Waals surface area contributed by atoms with Crippen LogP contribution < -0.4 is 4.90 Å². The summed E-state index contributed by atoms with van der Waals surface area (Å²) in [6.07, 6.45) is 4.61. The van der Waals surface area contributed by atoms with Crippen LogP contribution in [0.15, 0.2) is 194 Å². The second-order valence-corrected chi connectivity index (χ2v) is 18.4. The lowest BCUT2D eigenvalue weighted by Gasteiger charge is -2.28. The van der Waals surface area contributed by atoms with Crippen LogP contribution in [0.4, 0.5) is 17.1 Å². The zero-order chi connectivity index (χ0) is 41.1. The molecule has 2 aromatic heterocycles. The van der Waals surface area contributed by atoms with E-state index in [1.165, 1.54) is 103 Å². The minimum atomic E-state index is -0.196. The molecule has 3 heteroatoms. The Morgan fingerprint density at radius 3 is 2.02 bits per heavy atom. The number of para-hydroxylation sites is 1. The van der Waals surface area contributed by atoms with Crippen molar-refractivity contribution in [2.24, 2.45) is 0 Å². The number of fused-ring (bicyclic) bond motifs is 7. The lowest BCUT2D eigenvalue weighted by atomic mass is 9.81. The van der Waals surface area contributed by atoms with Crippen LogP contribution in [-0.2, 0) is 5.41 Å². The summed E-state index contributed by atoms with van der Waals surface area (Å²) in [6.45, 7) is 4.78. The average molecular weight is 809 g/mol. The minimum Gasteiger partial charge on any atom is -0.310 e. The van der Waals surface area contributed by atoms with Crippen molar-refractivity contribution in [2.75, 3.05) is 4.90 Å². The Balaban J connectivity index is 0.889. The van der Waals surface area contributed by atoms with Crippen LogP contribution in [0.1, 0.15) is 36.1 Å². The third-order valence-electron chi connectivity index (χ3n) is 13.5. The second kappa shape index (κ2) is 13.3. The van der Waals surface area contributed by atoms with E-state index in [1.54, 1.807) is 0 Å². The van der Waals surface area contributed by atoms with Gasteiger partial charge in [-0.05, 0) is 122 Å². The van der Waals surface area contributed by atoms with E-state index >= 15 is 0 Å². The first-order valence-electron chi connectivity index (χ1n) is 21.5. The van der Waals surface area contributed by atoms with E-state index in [-0.39, 0.29) is 5.41 Å². The topological polar surface area (TPSA) is 8.17 Å². The van der Waals surface area contributed by atoms with Gasteiger partial charge in [0, 0.05) is 59.1 Å². The van der Waals surface area contributed by atoms with Gasteiger partial charge in [-0.25, -0.2) is 0 Å². The zero-order valence-corrected chi connectivity index (χ0v) is 35.2. The number of thiophene rings is 1. The summed E-state index contributed by atoms with van der Waals surface area (Å²) in [5.74, 6) is 0. The number of hydrogen-bond acceptors (Lipinski definition) is 2. The quantitative estimate of drug-likeness (QED) is 0.120. The molecule has 0 bridgehead atoms. The van der Waals surface area contributed by atoms with Gasteiger partial charge < -0.3 is 9.47 Å². The van der Waals surface area contributed by atoms with Crippen molar-refractivity contribution in [3.05, 3.63) is 216 Å². The predicted octanol–water partition coefficient (Wildman–Crippen LogP) is 16.8. The Bertz CT molecular complexity index is 3790. The van der Waals surface area contributed by atoms with Gasteiger partial charge in [0.15, 0.2) is 0 Å². The largest absolute Gasteiger partial charge is 0.310 e. The lowest BCUT2D eigenvalue weighted by molar-refractivity contribution is 0.660. The minimum absolute atomic E-state index is 0.196. The van der Waals surface area contributed by atoms with E-state index in [2.05, 4.69) is 230 Å². The standard InChI is InChI=1S/C59H40N2S/c1-59(2)51-33-37(19-21-39-24-32-54-58-46(39)29-23-40-13-10-17-53(57(40)58)61(54)42-14-4-3-5-15-42)20-28-47(51)48-30-26-44(35-52(48)59)60(43-25-22-38-11-6-7-12-41(38)34-43)45-27-31-50-49-16-8-9-18-55(49)62-56(50)36-45/h3-36H,1-2H3/b21-19+. The molecule has 0 spiro atoms. The molecule has 0 radical (unpaired) electrons. The number of aromatic nitrogens is 1. The van der Waals surface area contributed by atoms with E-state index in [0.29, 0.717) is 0 Å². The van der Waals surface area contributed by atoms with Crippen molar-refractivity contribution in [3.63, 3.8) is 0 Å². The molecule has 10 aromatic carbocycles. The molecule has 0 saturated heterocycles. The van der Waals surface area contributed by atoms with Crippen LogP contribution in [-0.4, -0.2) is 4.57 Å². The van der Waals surface area contributed by atoms with Crippen molar-refractivity contribution in [1.29, 1.82) is 0 Å². The molecule has 0 amide bonds. The highest BCUT2D eigenvalue weighted by molar-refractivity contribution is 7.25. The fourth-order valence-electron chi connectivity index (χ4n) is 10.5. The first-order valence-corrected chi connectivity index (χ1v) is 22.3. The molecule has 0 saturated carbocycles. The maximum atomic E-state index is 2.45. The molecular formula is C59H40N2S. The smallest absolute Gasteiger partial charge is 0.0547 e. The fourth-order valence-corrected chi connectivity index (χ4v) is 11.6. The highest BCUT2D eigenvalue weighted by Crippen LogP contribution is 2.52. The molecule has 12 aromatic rings. The molecule has 1 aliphatic carbocycles. The molecule has 2 nitrogen and oxygen atoms in total. The third kappa shape index (κ3) is 5.22. The van der Waals surface area contributed by atoms with Gasteiger partial charge in [0.05, 0.1) is 11.0 Å². The van der Waals surface area contributed by atoms with Gasteiger partial charge in [0.1, 0.15) is 0 Å².